The third kappa shape index (κ3) is 4.10. The molecule has 0 aromatic heterocycles. The zero-order valence-electron chi connectivity index (χ0n) is 12.8. The molecule has 0 bridgehead atoms. The van der Waals surface area contributed by atoms with E-state index in [-0.39, 0.29) is 23.1 Å². The van der Waals surface area contributed by atoms with E-state index in [9.17, 15) is 14.7 Å². The minimum Gasteiger partial charge on any atom is -0.507 e. The van der Waals surface area contributed by atoms with Gasteiger partial charge in [-0.3, -0.25) is 9.59 Å². The second-order valence-corrected chi connectivity index (χ2v) is 6.01. The van der Waals surface area contributed by atoms with E-state index in [0.717, 1.165) is 5.56 Å². The smallest absolute Gasteiger partial charge is 0.257 e. The molecule has 6 heteroatoms. The Kier molecular flexibility index (Phi) is 5.39. The van der Waals surface area contributed by atoms with Crippen LogP contribution in [0.15, 0.2) is 46.9 Å². The third-order valence-corrected chi connectivity index (χ3v) is 3.89. The van der Waals surface area contributed by atoms with Gasteiger partial charge in [-0.1, -0.05) is 28.1 Å². The Hall–Kier alpha value is -2.34. The molecule has 2 amide bonds. The van der Waals surface area contributed by atoms with Crippen molar-refractivity contribution in [3.8, 4) is 5.75 Å². The number of hydrogen-bond acceptors (Lipinski definition) is 3. The Morgan fingerprint density at radius 3 is 2.39 bits per heavy atom. The number of benzene rings is 2. The number of halogens is 1. The lowest BCUT2D eigenvalue weighted by atomic mass is 10.1. The maximum absolute atomic E-state index is 12.4. The zero-order valence-corrected chi connectivity index (χ0v) is 14.4. The lowest BCUT2D eigenvalue weighted by molar-refractivity contribution is 0.0781. The second-order valence-electron chi connectivity index (χ2n) is 5.10. The van der Waals surface area contributed by atoms with Gasteiger partial charge in [0, 0.05) is 30.7 Å². The molecule has 0 aliphatic carbocycles. The van der Waals surface area contributed by atoms with E-state index in [4.69, 9.17) is 0 Å². The van der Waals surface area contributed by atoms with Crippen molar-refractivity contribution in [2.24, 2.45) is 0 Å². The maximum Gasteiger partial charge on any atom is 0.257 e. The van der Waals surface area contributed by atoms with Crippen LogP contribution in [0.25, 0.3) is 0 Å². The number of carbonyl (C=O) groups is 2. The molecular weight excluding hydrogens is 360 g/mol. The van der Waals surface area contributed by atoms with Crippen LogP contribution in [0.2, 0.25) is 0 Å². The van der Waals surface area contributed by atoms with Gasteiger partial charge < -0.3 is 15.3 Å². The number of carbonyl (C=O) groups excluding carboxylic acids is 2. The number of rotatable bonds is 4. The Labute approximate surface area is 143 Å². The van der Waals surface area contributed by atoms with Gasteiger partial charge >= 0.3 is 0 Å². The summed E-state index contributed by atoms with van der Waals surface area (Å²) in [4.78, 5) is 25.4. The van der Waals surface area contributed by atoms with Crippen molar-refractivity contribution >= 4 is 27.7 Å². The first kappa shape index (κ1) is 17.0. The van der Waals surface area contributed by atoms with Crippen molar-refractivity contribution in [3.63, 3.8) is 0 Å². The molecule has 0 aliphatic rings. The number of nitrogens with zero attached hydrogens (tertiary/aromatic N) is 1. The molecule has 0 heterocycles. The first-order chi connectivity index (χ1) is 10.9. The molecule has 2 rings (SSSR count). The molecule has 2 aromatic rings. The topological polar surface area (TPSA) is 69.6 Å². The number of hydrogen-bond donors (Lipinski definition) is 2. The summed E-state index contributed by atoms with van der Waals surface area (Å²) in [6, 6.07) is 11.8. The van der Waals surface area contributed by atoms with E-state index < -0.39 is 0 Å². The summed E-state index contributed by atoms with van der Waals surface area (Å²) in [5, 5.41) is 12.4. The van der Waals surface area contributed by atoms with Gasteiger partial charge in [0.05, 0.1) is 5.56 Å². The van der Waals surface area contributed by atoms with Crippen molar-refractivity contribution in [3.05, 3.63) is 63.6 Å². The van der Waals surface area contributed by atoms with Crippen molar-refractivity contribution in [2.45, 2.75) is 6.54 Å². The molecule has 0 aliphatic heterocycles. The first-order valence-electron chi connectivity index (χ1n) is 6.97. The summed E-state index contributed by atoms with van der Waals surface area (Å²) in [5.74, 6) is -0.489. The highest BCUT2D eigenvalue weighted by Gasteiger charge is 2.16. The highest BCUT2D eigenvalue weighted by molar-refractivity contribution is 9.10. The van der Waals surface area contributed by atoms with E-state index >= 15 is 0 Å². The van der Waals surface area contributed by atoms with Gasteiger partial charge in [-0.25, -0.2) is 0 Å². The second kappa shape index (κ2) is 7.28. The highest BCUT2D eigenvalue weighted by atomic mass is 79.9. The van der Waals surface area contributed by atoms with Crippen LogP contribution >= 0.6 is 15.9 Å². The van der Waals surface area contributed by atoms with E-state index in [1.807, 2.05) is 0 Å². The molecular formula is C17H17BrN2O3. The fraction of sp³-hybridized carbons (Fsp3) is 0.176. The average molecular weight is 377 g/mol. The van der Waals surface area contributed by atoms with Crippen molar-refractivity contribution in [1.29, 1.82) is 0 Å². The zero-order chi connectivity index (χ0) is 17.0. The molecule has 5 nitrogen and oxygen atoms in total. The van der Waals surface area contributed by atoms with Crippen LogP contribution in [-0.2, 0) is 6.54 Å². The first-order valence-corrected chi connectivity index (χ1v) is 7.76. The Morgan fingerprint density at radius 2 is 1.83 bits per heavy atom. The molecule has 0 saturated heterocycles. The van der Waals surface area contributed by atoms with E-state index in [1.54, 1.807) is 50.5 Å². The molecule has 0 saturated carbocycles. The number of aromatic hydroxyl groups is 1. The minimum absolute atomic E-state index is 0.0637. The highest BCUT2D eigenvalue weighted by Crippen LogP contribution is 2.23. The summed E-state index contributed by atoms with van der Waals surface area (Å²) >= 11 is 3.24. The molecule has 0 spiro atoms. The van der Waals surface area contributed by atoms with Gasteiger partial charge in [-0.2, -0.15) is 0 Å². The predicted molar refractivity (Wildman–Crippen MR) is 91.4 cm³/mol. The van der Waals surface area contributed by atoms with Crippen LogP contribution in [0.5, 0.6) is 5.75 Å². The van der Waals surface area contributed by atoms with Crippen molar-refractivity contribution in [1.82, 2.24) is 10.2 Å². The maximum atomic E-state index is 12.4. The van der Waals surface area contributed by atoms with Gasteiger partial charge in [0.1, 0.15) is 5.75 Å². The predicted octanol–water partition coefficient (Wildman–Crippen LogP) is 2.79. The molecule has 0 unspecified atom stereocenters. The lowest BCUT2D eigenvalue weighted by Crippen LogP contribution is -2.26. The van der Waals surface area contributed by atoms with Crippen molar-refractivity contribution < 1.29 is 14.7 Å². The Bertz CT molecular complexity index is 729. The van der Waals surface area contributed by atoms with Crippen LogP contribution in [0.3, 0.4) is 0 Å². The number of phenols is 1. The van der Waals surface area contributed by atoms with Crippen LogP contribution in [0, 0.1) is 0 Å². The standard InChI is InChI=1S/C17H17BrN2O3/c1-19-16(22)12-5-3-11(4-6-12)10-20(2)17(23)14-8-7-13(18)9-15(14)21/h3-9,21H,10H2,1-2H3,(H,19,22). The van der Waals surface area contributed by atoms with Crippen molar-refractivity contribution in [2.75, 3.05) is 14.1 Å². The fourth-order valence-corrected chi connectivity index (χ4v) is 2.49. The quantitative estimate of drug-likeness (QED) is 0.861. The number of amides is 2. The molecule has 0 atom stereocenters. The van der Waals surface area contributed by atoms with Crippen LogP contribution in [-0.4, -0.2) is 35.9 Å². The molecule has 23 heavy (non-hydrogen) atoms. The molecule has 120 valence electrons. The van der Waals surface area contributed by atoms with Crippen LogP contribution in [0.1, 0.15) is 26.3 Å². The monoisotopic (exact) mass is 376 g/mol. The fourth-order valence-electron chi connectivity index (χ4n) is 2.14. The molecule has 0 radical (unpaired) electrons. The van der Waals surface area contributed by atoms with Gasteiger partial charge in [0.2, 0.25) is 0 Å². The summed E-state index contributed by atoms with van der Waals surface area (Å²) in [5.41, 5.74) is 1.71. The van der Waals surface area contributed by atoms with E-state index in [1.165, 1.54) is 11.0 Å². The Morgan fingerprint density at radius 1 is 1.17 bits per heavy atom. The number of nitrogens with one attached hydrogen (secondary N) is 1. The largest absolute Gasteiger partial charge is 0.507 e. The summed E-state index contributed by atoms with van der Waals surface area (Å²) in [7, 11) is 3.24. The van der Waals surface area contributed by atoms with Gasteiger partial charge in [-0.05, 0) is 35.9 Å². The van der Waals surface area contributed by atoms with Crippen LogP contribution < -0.4 is 5.32 Å². The Balaban J connectivity index is 2.10. The average Bonchev–Trinajstić information content (AvgIpc) is 2.54. The van der Waals surface area contributed by atoms with Gasteiger partial charge in [0.15, 0.2) is 0 Å². The summed E-state index contributed by atoms with van der Waals surface area (Å²) in [6.07, 6.45) is 0. The normalized spacial score (nSPS) is 10.2. The van der Waals surface area contributed by atoms with Crippen LogP contribution in [0.4, 0.5) is 0 Å². The van der Waals surface area contributed by atoms with E-state index in [0.29, 0.717) is 16.6 Å². The molecule has 2 N–H and O–H groups in total. The summed E-state index contributed by atoms with van der Waals surface area (Å²) in [6.45, 7) is 0.377. The van der Waals surface area contributed by atoms with E-state index in [2.05, 4.69) is 21.2 Å². The molecule has 2 aromatic carbocycles. The SMILES string of the molecule is CNC(=O)c1ccc(CN(C)C(=O)c2ccc(Br)cc2O)cc1. The summed E-state index contributed by atoms with van der Waals surface area (Å²) < 4.78 is 0.707. The van der Waals surface area contributed by atoms with Gasteiger partial charge in [0.25, 0.3) is 11.8 Å². The minimum atomic E-state index is -0.273. The number of phenolic OH excluding ortho intramolecular Hbond substituents is 1. The third-order valence-electron chi connectivity index (χ3n) is 3.40. The lowest BCUT2D eigenvalue weighted by Gasteiger charge is -2.18. The van der Waals surface area contributed by atoms with Gasteiger partial charge in [-0.15, -0.1) is 0 Å². The molecule has 0 fully saturated rings.